The van der Waals surface area contributed by atoms with Crippen molar-refractivity contribution in [2.45, 2.75) is 12.3 Å². The number of halogens is 1. The Morgan fingerprint density at radius 2 is 1.67 bits per heavy atom. The van der Waals surface area contributed by atoms with Crippen molar-refractivity contribution in [2.75, 3.05) is 0 Å². The standard InChI is InChI=1S/C15H13FN2O2S/c16-15-8-4-3-6-13(15)10-18-21(19,20)11-14-7-2-1-5-12(14)9-17/h1-8,18H,10-11H2. The van der Waals surface area contributed by atoms with Gasteiger partial charge >= 0.3 is 0 Å². The van der Waals surface area contributed by atoms with Crippen LogP contribution in [-0.2, 0) is 22.3 Å². The largest absolute Gasteiger partial charge is 0.216 e. The number of nitriles is 1. The lowest BCUT2D eigenvalue weighted by Crippen LogP contribution is -2.25. The summed E-state index contributed by atoms with van der Waals surface area (Å²) in [5.74, 6) is -0.775. The molecule has 0 fully saturated rings. The highest BCUT2D eigenvalue weighted by Crippen LogP contribution is 2.12. The normalized spacial score (nSPS) is 11.0. The molecule has 0 unspecified atom stereocenters. The van der Waals surface area contributed by atoms with Gasteiger partial charge in [0.05, 0.1) is 17.4 Å². The van der Waals surface area contributed by atoms with Crippen molar-refractivity contribution < 1.29 is 12.8 Å². The second kappa shape index (κ2) is 6.48. The van der Waals surface area contributed by atoms with E-state index in [4.69, 9.17) is 5.26 Å². The number of sulfonamides is 1. The summed E-state index contributed by atoms with van der Waals surface area (Å²) in [5, 5.41) is 8.94. The predicted octanol–water partition coefficient (Wildman–Crippen LogP) is 2.32. The molecule has 0 saturated carbocycles. The molecule has 6 heteroatoms. The molecule has 0 spiro atoms. The van der Waals surface area contributed by atoms with E-state index in [1.807, 2.05) is 6.07 Å². The molecule has 2 aromatic rings. The lowest BCUT2D eigenvalue weighted by Gasteiger charge is -2.08. The monoisotopic (exact) mass is 304 g/mol. The fourth-order valence-corrected chi connectivity index (χ4v) is 2.98. The molecule has 0 aromatic heterocycles. The first-order valence-corrected chi connectivity index (χ1v) is 7.86. The molecule has 0 radical (unpaired) electrons. The van der Waals surface area contributed by atoms with Crippen molar-refractivity contribution in [1.29, 1.82) is 5.26 Å². The first-order chi connectivity index (χ1) is 10.0. The van der Waals surface area contributed by atoms with E-state index in [2.05, 4.69) is 4.72 Å². The smallest absolute Gasteiger partial charge is 0.212 e. The third-order valence-corrected chi connectivity index (χ3v) is 4.20. The molecule has 1 N–H and O–H groups in total. The second-order valence-corrected chi connectivity index (χ2v) is 6.25. The Hall–Kier alpha value is -2.23. The molecule has 0 saturated heterocycles. The summed E-state index contributed by atoms with van der Waals surface area (Å²) in [6, 6.07) is 14.4. The number of rotatable bonds is 5. The summed E-state index contributed by atoms with van der Waals surface area (Å²) in [7, 11) is -3.65. The second-order valence-electron chi connectivity index (χ2n) is 4.44. The Labute approximate surface area is 122 Å². The zero-order valence-corrected chi connectivity index (χ0v) is 11.9. The van der Waals surface area contributed by atoms with Gasteiger partial charge in [-0.2, -0.15) is 5.26 Å². The van der Waals surface area contributed by atoms with Gasteiger partial charge in [-0.1, -0.05) is 36.4 Å². The number of hydrogen-bond donors (Lipinski definition) is 1. The van der Waals surface area contributed by atoms with Gasteiger partial charge in [-0.15, -0.1) is 0 Å². The molecule has 2 rings (SSSR count). The molecule has 21 heavy (non-hydrogen) atoms. The summed E-state index contributed by atoms with van der Waals surface area (Å²) in [5.41, 5.74) is 1.00. The van der Waals surface area contributed by atoms with Gasteiger partial charge in [0.2, 0.25) is 10.0 Å². The molecule has 0 amide bonds. The maximum absolute atomic E-state index is 13.4. The van der Waals surface area contributed by atoms with Crippen LogP contribution < -0.4 is 4.72 Å². The van der Waals surface area contributed by atoms with Crippen LogP contribution in [0.15, 0.2) is 48.5 Å². The van der Waals surface area contributed by atoms with E-state index >= 15 is 0 Å². The fourth-order valence-electron chi connectivity index (χ4n) is 1.84. The highest BCUT2D eigenvalue weighted by Gasteiger charge is 2.14. The lowest BCUT2D eigenvalue weighted by molar-refractivity contribution is 0.573. The summed E-state index contributed by atoms with van der Waals surface area (Å²) in [4.78, 5) is 0. The quantitative estimate of drug-likeness (QED) is 0.921. The number of benzene rings is 2. The number of hydrogen-bond acceptors (Lipinski definition) is 3. The van der Waals surface area contributed by atoms with E-state index in [0.29, 0.717) is 11.1 Å². The van der Waals surface area contributed by atoms with Gasteiger partial charge < -0.3 is 0 Å². The maximum Gasteiger partial charge on any atom is 0.216 e. The minimum atomic E-state index is -3.65. The molecule has 0 aliphatic carbocycles. The third-order valence-electron chi connectivity index (χ3n) is 2.92. The summed E-state index contributed by atoms with van der Waals surface area (Å²) in [6.07, 6.45) is 0. The molecule has 0 bridgehead atoms. The van der Waals surface area contributed by atoms with Crippen LogP contribution in [0.4, 0.5) is 4.39 Å². The van der Waals surface area contributed by atoms with Crippen molar-refractivity contribution in [1.82, 2.24) is 4.72 Å². The number of nitrogens with zero attached hydrogens (tertiary/aromatic N) is 1. The maximum atomic E-state index is 13.4. The molecule has 108 valence electrons. The van der Waals surface area contributed by atoms with Gasteiger partial charge in [0, 0.05) is 12.1 Å². The predicted molar refractivity (Wildman–Crippen MR) is 77.0 cm³/mol. The van der Waals surface area contributed by atoms with Crippen molar-refractivity contribution in [2.24, 2.45) is 0 Å². The summed E-state index contributed by atoms with van der Waals surface area (Å²) >= 11 is 0. The molecular formula is C15H13FN2O2S. The zero-order chi connectivity index (χ0) is 15.3. The number of nitrogens with one attached hydrogen (secondary N) is 1. The lowest BCUT2D eigenvalue weighted by atomic mass is 10.1. The first kappa shape index (κ1) is 15.2. The van der Waals surface area contributed by atoms with Crippen LogP contribution in [0.5, 0.6) is 0 Å². The van der Waals surface area contributed by atoms with Crippen LogP contribution in [0, 0.1) is 17.1 Å². The Kier molecular flexibility index (Phi) is 4.68. The molecular weight excluding hydrogens is 291 g/mol. The average Bonchev–Trinajstić information content (AvgIpc) is 2.47. The molecule has 2 aromatic carbocycles. The topological polar surface area (TPSA) is 70.0 Å². The van der Waals surface area contributed by atoms with Gasteiger partial charge in [-0.25, -0.2) is 17.5 Å². The summed E-state index contributed by atoms with van der Waals surface area (Å²) in [6.45, 7) is -0.121. The Bertz CT molecular complexity index is 782. The average molecular weight is 304 g/mol. The Morgan fingerprint density at radius 3 is 2.33 bits per heavy atom. The molecule has 4 nitrogen and oxygen atoms in total. The van der Waals surface area contributed by atoms with E-state index in [1.54, 1.807) is 30.3 Å². The molecule has 0 aliphatic rings. The minimum Gasteiger partial charge on any atom is -0.212 e. The third kappa shape index (κ3) is 4.12. The van der Waals surface area contributed by atoms with E-state index < -0.39 is 15.8 Å². The van der Waals surface area contributed by atoms with Gasteiger partial charge in [-0.05, 0) is 17.7 Å². The highest BCUT2D eigenvalue weighted by molar-refractivity contribution is 7.88. The van der Waals surface area contributed by atoms with Crippen LogP contribution in [0.25, 0.3) is 0 Å². The van der Waals surface area contributed by atoms with Crippen LogP contribution in [0.1, 0.15) is 16.7 Å². The van der Waals surface area contributed by atoms with Gasteiger partial charge in [0.15, 0.2) is 0 Å². The highest BCUT2D eigenvalue weighted by atomic mass is 32.2. The zero-order valence-electron chi connectivity index (χ0n) is 11.1. The van der Waals surface area contributed by atoms with E-state index in [1.165, 1.54) is 18.2 Å². The van der Waals surface area contributed by atoms with Gasteiger partial charge in [0.25, 0.3) is 0 Å². The minimum absolute atomic E-state index is 0.121. The van der Waals surface area contributed by atoms with Gasteiger partial charge in [0.1, 0.15) is 5.82 Å². The molecule has 0 heterocycles. The van der Waals surface area contributed by atoms with Crippen molar-refractivity contribution in [3.63, 3.8) is 0 Å². The van der Waals surface area contributed by atoms with Gasteiger partial charge in [-0.3, -0.25) is 0 Å². The van der Waals surface area contributed by atoms with E-state index in [-0.39, 0.29) is 17.9 Å². The summed E-state index contributed by atoms with van der Waals surface area (Å²) < 4.78 is 39.8. The SMILES string of the molecule is N#Cc1ccccc1CS(=O)(=O)NCc1ccccc1F. The fraction of sp³-hybridized carbons (Fsp3) is 0.133. The van der Waals surface area contributed by atoms with E-state index in [0.717, 1.165) is 0 Å². The van der Waals surface area contributed by atoms with Crippen LogP contribution in [0.2, 0.25) is 0 Å². The Morgan fingerprint density at radius 1 is 1.05 bits per heavy atom. The first-order valence-electron chi connectivity index (χ1n) is 6.20. The molecule has 0 atom stereocenters. The molecule has 0 aliphatic heterocycles. The van der Waals surface area contributed by atoms with Crippen LogP contribution >= 0.6 is 0 Å². The van der Waals surface area contributed by atoms with Crippen molar-refractivity contribution >= 4 is 10.0 Å². The van der Waals surface area contributed by atoms with Crippen molar-refractivity contribution in [3.8, 4) is 6.07 Å². The van der Waals surface area contributed by atoms with Crippen LogP contribution in [-0.4, -0.2) is 8.42 Å². The van der Waals surface area contributed by atoms with E-state index in [9.17, 15) is 12.8 Å². The van der Waals surface area contributed by atoms with Crippen LogP contribution in [0.3, 0.4) is 0 Å². The van der Waals surface area contributed by atoms with Crippen molar-refractivity contribution in [3.05, 3.63) is 71.0 Å². The Balaban J connectivity index is 2.10.